The van der Waals surface area contributed by atoms with Crippen LogP contribution in [0.25, 0.3) is 11.4 Å². The number of rotatable bonds is 1. The summed E-state index contributed by atoms with van der Waals surface area (Å²) in [4.78, 5) is 0. The summed E-state index contributed by atoms with van der Waals surface area (Å²) in [6.07, 6.45) is 3.30. The van der Waals surface area contributed by atoms with Crippen LogP contribution in [0.2, 0.25) is 0 Å². The van der Waals surface area contributed by atoms with E-state index >= 15 is 0 Å². The molecule has 94 valence electrons. The van der Waals surface area contributed by atoms with Crippen molar-refractivity contribution in [3.63, 3.8) is 0 Å². The summed E-state index contributed by atoms with van der Waals surface area (Å²) in [5.41, 5.74) is 7.22. The first-order valence-electron chi connectivity index (χ1n) is 6.20. The van der Waals surface area contributed by atoms with Crippen LogP contribution >= 0.6 is 15.9 Å². The van der Waals surface area contributed by atoms with Crippen molar-refractivity contribution in [2.24, 2.45) is 5.73 Å². The third-order valence-corrected chi connectivity index (χ3v) is 3.89. The van der Waals surface area contributed by atoms with Gasteiger partial charge in [0.15, 0.2) is 5.82 Å². The van der Waals surface area contributed by atoms with E-state index in [2.05, 4.69) is 42.8 Å². The molecule has 0 bridgehead atoms. The molecule has 0 aliphatic carbocycles. The summed E-state index contributed by atoms with van der Waals surface area (Å²) in [7, 11) is 0. The van der Waals surface area contributed by atoms with Gasteiger partial charge in [0.25, 0.3) is 0 Å². The Morgan fingerprint density at radius 3 is 2.72 bits per heavy atom. The van der Waals surface area contributed by atoms with E-state index in [-0.39, 0.29) is 6.04 Å². The molecule has 2 heterocycles. The van der Waals surface area contributed by atoms with Crippen molar-refractivity contribution < 1.29 is 0 Å². The Bertz CT molecular complexity index is 547. The summed E-state index contributed by atoms with van der Waals surface area (Å²) in [6.45, 7) is 0.960. The number of halogens is 1. The van der Waals surface area contributed by atoms with Gasteiger partial charge < -0.3 is 10.3 Å². The average Bonchev–Trinajstić information content (AvgIpc) is 2.71. The molecule has 0 spiro atoms. The van der Waals surface area contributed by atoms with Gasteiger partial charge in [-0.25, -0.2) is 0 Å². The molecule has 5 heteroatoms. The quantitative estimate of drug-likeness (QED) is 0.881. The van der Waals surface area contributed by atoms with Crippen LogP contribution in [-0.2, 0) is 6.54 Å². The van der Waals surface area contributed by atoms with Crippen molar-refractivity contribution in [2.45, 2.75) is 31.8 Å². The van der Waals surface area contributed by atoms with Crippen molar-refractivity contribution in [1.82, 2.24) is 14.8 Å². The van der Waals surface area contributed by atoms with Gasteiger partial charge in [-0.2, -0.15) is 0 Å². The Labute approximate surface area is 114 Å². The second-order valence-electron chi connectivity index (χ2n) is 4.64. The fourth-order valence-corrected chi connectivity index (χ4v) is 2.65. The van der Waals surface area contributed by atoms with Gasteiger partial charge in [-0.15, -0.1) is 10.2 Å². The molecule has 0 amide bonds. The molecule has 18 heavy (non-hydrogen) atoms. The normalized spacial score (nSPS) is 19.3. The molecule has 2 N–H and O–H groups in total. The summed E-state index contributed by atoms with van der Waals surface area (Å²) in [5, 5.41) is 8.58. The molecule has 1 aliphatic rings. The maximum Gasteiger partial charge on any atom is 0.164 e. The fourth-order valence-electron chi connectivity index (χ4n) is 2.39. The maximum atomic E-state index is 6.13. The number of hydrogen-bond donors (Lipinski definition) is 1. The highest BCUT2D eigenvalue weighted by Gasteiger charge is 2.21. The van der Waals surface area contributed by atoms with Crippen LogP contribution in [0.5, 0.6) is 0 Å². The lowest BCUT2D eigenvalue weighted by Gasteiger charge is -2.09. The number of hydrogen-bond acceptors (Lipinski definition) is 3. The lowest BCUT2D eigenvalue weighted by molar-refractivity contribution is 0.600. The smallest absolute Gasteiger partial charge is 0.164 e. The Morgan fingerprint density at radius 2 is 1.94 bits per heavy atom. The second-order valence-corrected chi connectivity index (χ2v) is 5.56. The van der Waals surface area contributed by atoms with Gasteiger partial charge in [0.1, 0.15) is 5.82 Å². The fraction of sp³-hybridized carbons (Fsp3) is 0.385. The van der Waals surface area contributed by atoms with Gasteiger partial charge >= 0.3 is 0 Å². The number of nitrogens with zero attached hydrogens (tertiary/aromatic N) is 3. The molecule has 1 aliphatic heterocycles. The Hall–Kier alpha value is -1.20. The van der Waals surface area contributed by atoms with Crippen molar-refractivity contribution >= 4 is 15.9 Å². The molecule has 3 rings (SSSR count). The highest BCUT2D eigenvalue weighted by Crippen LogP contribution is 2.27. The van der Waals surface area contributed by atoms with E-state index in [1.54, 1.807) is 0 Å². The first-order valence-corrected chi connectivity index (χ1v) is 6.99. The minimum absolute atomic E-state index is 0.0178. The largest absolute Gasteiger partial charge is 0.321 e. The lowest BCUT2D eigenvalue weighted by Crippen LogP contribution is -2.14. The van der Waals surface area contributed by atoms with Crippen molar-refractivity contribution in [2.75, 3.05) is 0 Å². The van der Waals surface area contributed by atoms with Crippen LogP contribution in [-0.4, -0.2) is 14.8 Å². The number of benzene rings is 1. The summed E-state index contributed by atoms with van der Waals surface area (Å²) < 4.78 is 3.24. The molecule has 0 radical (unpaired) electrons. The predicted molar refractivity (Wildman–Crippen MR) is 73.9 cm³/mol. The van der Waals surface area contributed by atoms with Crippen molar-refractivity contribution in [3.05, 3.63) is 34.6 Å². The Morgan fingerprint density at radius 1 is 1.17 bits per heavy atom. The monoisotopic (exact) mass is 306 g/mol. The molecule has 1 aromatic carbocycles. The third kappa shape index (κ3) is 2.08. The zero-order valence-electron chi connectivity index (χ0n) is 10.0. The maximum absolute atomic E-state index is 6.13. The zero-order chi connectivity index (χ0) is 12.5. The van der Waals surface area contributed by atoms with Gasteiger partial charge in [0.2, 0.25) is 0 Å². The van der Waals surface area contributed by atoms with Crippen LogP contribution in [0.15, 0.2) is 28.7 Å². The van der Waals surface area contributed by atoms with E-state index in [1.807, 2.05) is 12.1 Å². The van der Waals surface area contributed by atoms with Gasteiger partial charge in [0.05, 0.1) is 6.04 Å². The third-order valence-electron chi connectivity index (χ3n) is 3.36. The molecule has 0 fully saturated rings. The molecule has 0 saturated heterocycles. The summed E-state index contributed by atoms with van der Waals surface area (Å²) >= 11 is 3.44. The molecule has 1 aromatic heterocycles. The summed E-state index contributed by atoms with van der Waals surface area (Å²) in [6, 6.07) is 8.17. The molecular weight excluding hydrogens is 292 g/mol. The molecule has 4 nitrogen and oxygen atoms in total. The zero-order valence-corrected chi connectivity index (χ0v) is 11.6. The number of aromatic nitrogens is 3. The average molecular weight is 307 g/mol. The Kier molecular flexibility index (Phi) is 3.18. The molecular formula is C13H15BrN4. The SMILES string of the molecule is N[C@H]1CCCCn2c(-c3ccc(Br)cc3)nnc21. The van der Waals surface area contributed by atoms with E-state index < -0.39 is 0 Å². The van der Waals surface area contributed by atoms with Crippen molar-refractivity contribution in [3.8, 4) is 11.4 Å². The van der Waals surface area contributed by atoms with E-state index in [0.29, 0.717) is 0 Å². The predicted octanol–water partition coefficient (Wildman–Crippen LogP) is 2.89. The number of fused-ring (bicyclic) bond motifs is 1. The van der Waals surface area contributed by atoms with Gasteiger partial charge in [-0.3, -0.25) is 0 Å². The van der Waals surface area contributed by atoms with Gasteiger partial charge in [0, 0.05) is 16.6 Å². The van der Waals surface area contributed by atoms with Crippen LogP contribution in [0.1, 0.15) is 31.1 Å². The molecule has 1 atom stereocenters. The lowest BCUT2D eigenvalue weighted by atomic mass is 10.1. The molecule has 0 unspecified atom stereocenters. The minimum atomic E-state index is 0.0178. The standard InChI is InChI=1S/C13H15BrN4/c14-10-6-4-9(5-7-10)12-16-17-13-11(15)3-1-2-8-18(12)13/h4-7,11H,1-3,8,15H2/t11-/m0/s1. The van der Waals surface area contributed by atoms with Gasteiger partial charge in [-0.05, 0) is 31.4 Å². The van der Waals surface area contributed by atoms with Crippen LogP contribution < -0.4 is 5.73 Å². The minimum Gasteiger partial charge on any atom is -0.321 e. The van der Waals surface area contributed by atoms with E-state index in [0.717, 1.165) is 47.5 Å². The topological polar surface area (TPSA) is 56.7 Å². The molecule has 2 aromatic rings. The van der Waals surface area contributed by atoms with Crippen LogP contribution in [0.3, 0.4) is 0 Å². The number of nitrogens with two attached hydrogens (primary N) is 1. The second kappa shape index (κ2) is 4.82. The first-order chi connectivity index (χ1) is 8.75. The van der Waals surface area contributed by atoms with E-state index in [1.165, 1.54) is 0 Å². The Balaban J connectivity index is 2.06. The van der Waals surface area contributed by atoms with Crippen LogP contribution in [0.4, 0.5) is 0 Å². The van der Waals surface area contributed by atoms with E-state index in [9.17, 15) is 0 Å². The molecule has 0 saturated carbocycles. The van der Waals surface area contributed by atoms with Crippen molar-refractivity contribution in [1.29, 1.82) is 0 Å². The van der Waals surface area contributed by atoms with Crippen LogP contribution in [0, 0.1) is 0 Å². The van der Waals surface area contributed by atoms with Gasteiger partial charge in [-0.1, -0.05) is 28.1 Å². The van der Waals surface area contributed by atoms with E-state index in [4.69, 9.17) is 5.73 Å². The first kappa shape index (κ1) is 11.9. The summed E-state index contributed by atoms with van der Waals surface area (Å²) in [5.74, 6) is 1.85. The highest BCUT2D eigenvalue weighted by molar-refractivity contribution is 9.10. The highest BCUT2D eigenvalue weighted by atomic mass is 79.9.